The molecule has 7 heteroatoms. The Morgan fingerprint density at radius 3 is 2.58 bits per heavy atom. The molecule has 1 rings (SSSR count). The van der Waals surface area contributed by atoms with Crippen molar-refractivity contribution in [3.05, 3.63) is 41.5 Å². The minimum atomic E-state index is -4.53. The van der Waals surface area contributed by atoms with Gasteiger partial charge in [-0.1, -0.05) is 6.58 Å². The Bertz CT molecular complexity index is 559. The molecule has 100 valence electrons. The first-order valence-corrected chi connectivity index (χ1v) is 5.02. The number of carbonyl (C=O) groups is 1. The monoisotopic (exact) mass is 270 g/mol. The highest BCUT2D eigenvalue weighted by molar-refractivity contribution is 5.87. The molecule has 0 saturated carbocycles. The molecule has 0 radical (unpaired) electrons. The molecule has 4 nitrogen and oxygen atoms in total. The van der Waals surface area contributed by atoms with E-state index in [-0.39, 0.29) is 23.4 Å². The number of aliphatic carboxylic acids is 1. The Balaban J connectivity index is 2.95. The fourth-order valence-electron chi connectivity index (χ4n) is 1.24. The van der Waals surface area contributed by atoms with Crippen LogP contribution in [0.1, 0.15) is 11.1 Å². The van der Waals surface area contributed by atoms with Gasteiger partial charge in [-0.3, -0.25) is 0 Å². The number of hydrogen-bond acceptors (Lipinski definition) is 3. The molecule has 2 N–H and O–H groups in total. The van der Waals surface area contributed by atoms with E-state index in [9.17, 15) is 18.0 Å². The maximum atomic E-state index is 12.4. The third kappa shape index (κ3) is 3.74. The zero-order valence-electron chi connectivity index (χ0n) is 9.58. The largest absolute Gasteiger partial charge is 0.478 e. The van der Waals surface area contributed by atoms with Gasteiger partial charge in [-0.15, -0.1) is 0 Å². The van der Waals surface area contributed by atoms with Crippen molar-refractivity contribution >= 4 is 11.7 Å². The van der Waals surface area contributed by atoms with Gasteiger partial charge in [-0.05, 0) is 18.2 Å². The summed E-state index contributed by atoms with van der Waals surface area (Å²) in [5.41, 5.74) is -1.19. The van der Waals surface area contributed by atoms with E-state index in [1.165, 1.54) is 0 Å². The van der Waals surface area contributed by atoms with Crippen molar-refractivity contribution in [1.82, 2.24) is 0 Å². The van der Waals surface area contributed by atoms with E-state index in [4.69, 9.17) is 10.4 Å². The summed E-state index contributed by atoms with van der Waals surface area (Å²) in [4.78, 5) is 10.5. The molecule has 0 amide bonds. The lowest BCUT2D eigenvalue weighted by Gasteiger charge is -2.11. The van der Waals surface area contributed by atoms with Gasteiger partial charge in [-0.25, -0.2) is 4.79 Å². The van der Waals surface area contributed by atoms with E-state index >= 15 is 0 Å². The molecule has 0 spiro atoms. The van der Waals surface area contributed by atoms with Gasteiger partial charge in [0, 0.05) is 12.1 Å². The van der Waals surface area contributed by atoms with Crippen LogP contribution in [0.15, 0.2) is 30.4 Å². The van der Waals surface area contributed by atoms with Crippen LogP contribution < -0.4 is 5.32 Å². The number of rotatable bonds is 4. The SMILES string of the molecule is C=C(CNc1ccc(C(F)(F)F)cc1C#N)C(=O)O. The van der Waals surface area contributed by atoms with E-state index in [1.54, 1.807) is 6.07 Å². The topological polar surface area (TPSA) is 73.1 Å². The van der Waals surface area contributed by atoms with Gasteiger partial charge in [0.2, 0.25) is 0 Å². The summed E-state index contributed by atoms with van der Waals surface area (Å²) in [6, 6.07) is 4.21. The van der Waals surface area contributed by atoms with E-state index in [1.807, 2.05) is 0 Å². The van der Waals surface area contributed by atoms with Crippen molar-refractivity contribution in [2.24, 2.45) is 0 Å². The van der Waals surface area contributed by atoms with Crippen LogP contribution in [0.2, 0.25) is 0 Å². The number of alkyl halides is 3. The highest BCUT2D eigenvalue weighted by Crippen LogP contribution is 2.31. The third-order valence-corrected chi connectivity index (χ3v) is 2.26. The summed E-state index contributed by atoms with van der Waals surface area (Å²) in [7, 11) is 0. The Hall–Kier alpha value is -2.49. The number of nitriles is 1. The second kappa shape index (κ2) is 5.44. The van der Waals surface area contributed by atoms with Gasteiger partial charge in [0.25, 0.3) is 0 Å². The number of carboxylic acid groups (broad SMARTS) is 1. The fourth-order valence-corrected chi connectivity index (χ4v) is 1.24. The minimum absolute atomic E-state index is 0.123. The zero-order chi connectivity index (χ0) is 14.6. The number of benzene rings is 1. The zero-order valence-corrected chi connectivity index (χ0v) is 9.58. The first-order chi connectivity index (χ1) is 8.75. The van der Waals surface area contributed by atoms with Crippen LogP contribution in [0.5, 0.6) is 0 Å². The van der Waals surface area contributed by atoms with Gasteiger partial charge < -0.3 is 10.4 Å². The van der Waals surface area contributed by atoms with Crippen LogP contribution in [0.4, 0.5) is 18.9 Å². The van der Waals surface area contributed by atoms with Gasteiger partial charge in [0.05, 0.1) is 16.8 Å². The highest BCUT2D eigenvalue weighted by Gasteiger charge is 2.31. The molecule has 0 aliphatic rings. The predicted molar refractivity (Wildman–Crippen MR) is 61.4 cm³/mol. The lowest BCUT2D eigenvalue weighted by molar-refractivity contribution is -0.137. The molecule has 0 fully saturated rings. The van der Waals surface area contributed by atoms with E-state index < -0.39 is 17.7 Å². The van der Waals surface area contributed by atoms with Gasteiger partial charge in [-0.2, -0.15) is 18.4 Å². The molecule has 0 atom stereocenters. The maximum absolute atomic E-state index is 12.4. The summed E-state index contributed by atoms with van der Waals surface area (Å²) in [6.45, 7) is 3.09. The number of halogens is 3. The second-order valence-corrected chi connectivity index (χ2v) is 3.63. The summed E-state index contributed by atoms with van der Waals surface area (Å²) in [5, 5.41) is 19.9. The van der Waals surface area contributed by atoms with Crippen molar-refractivity contribution in [2.75, 3.05) is 11.9 Å². The lowest BCUT2D eigenvalue weighted by atomic mass is 10.1. The number of hydrogen-bond donors (Lipinski definition) is 2. The van der Waals surface area contributed by atoms with E-state index in [2.05, 4.69) is 11.9 Å². The third-order valence-electron chi connectivity index (χ3n) is 2.26. The average molecular weight is 270 g/mol. The van der Waals surface area contributed by atoms with Crippen LogP contribution in [-0.4, -0.2) is 17.6 Å². The number of nitrogens with one attached hydrogen (secondary N) is 1. The lowest BCUT2D eigenvalue weighted by Crippen LogP contribution is -2.12. The quantitative estimate of drug-likeness (QED) is 0.825. The molecular formula is C12H9F3N2O2. The van der Waals surface area contributed by atoms with Crippen LogP contribution in [0.25, 0.3) is 0 Å². The normalized spacial score (nSPS) is 10.6. The van der Waals surface area contributed by atoms with Gasteiger partial charge in [0.15, 0.2) is 0 Å². The molecule has 0 aliphatic heterocycles. The highest BCUT2D eigenvalue weighted by atomic mass is 19.4. The van der Waals surface area contributed by atoms with Crippen LogP contribution in [0.3, 0.4) is 0 Å². The van der Waals surface area contributed by atoms with Gasteiger partial charge >= 0.3 is 12.1 Å². The molecule has 0 bridgehead atoms. The second-order valence-electron chi connectivity index (χ2n) is 3.63. The summed E-state index contributed by atoms with van der Waals surface area (Å²) < 4.78 is 37.3. The van der Waals surface area contributed by atoms with Crippen molar-refractivity contribution in [1.29, 1.82) is 5.26 Å². The van der Waals surface area contributed by atoms with Gasteiger partial charge in [0.1, 0.15) is 6.07 Å². The molecular weight excluding hydrogens is 261 g/mol. The maximum Gasteiger partial charge on any atom is 0.416 e. The van der Waals surface area contributed by atoms with Crippen molar-refractivity contribution < 1.29 is 23.1 Å². The Morgan fingerprint density at radius 2 is 2.11 bits per heavy atom. The molecule has 19 heavy (non-hydrogen) atoms. The first kappa shape index (κ1) is 14.6. The van der Waals surface area contributed by atoms with Crippen molar-refractivity contribution in [3.63, 3.8) is 0 Å². The molecule has 0 aliphatic carbocycles. The smallest absolute Gasteiger partial charge is 0.416 e. The number of anilines is 1. The molecule has 0 aromatic heterocycles. The summed E-state index contributed by atoms with van der Waals surface area (Å²) >= 11 is 0. The minimum Gasteiger partial charge on any atom is -0.478 e. The number of carboxylic acids is 1. The fraction of sp³-hybridized carbons (Fsp3) is 0.167. The molecule has 0 heterocycles. The standard InChI is InChI=1S/C12H9F3N2O2/c1-7(11(18)19)6-17-10-3-2-9(12(13,14)15)4-8(10)5-16/h2-4,17H,1,6H2,(H,18,19). The predicted octanol–water partition coefficient (Wildman–Crippen LogP) is 2.63. The molecule has 0 saturated heterocycles. The van der Waals surface area contributed by atoms with Crippen LogP contribution in [0, 0.1) is 11.3 Å². The van der Waals surface area contributed by atoms with Crippen molar-refractivity contribution in [3.8, 4) is 6.07 Å². The van der Waals surface area contributed by atoms with Crippen LogP contribution >= 0.6 is 0 Å². The van der Waals surface area contributed by atoms with Crippen molar-refractivity contribution in [2.45, 2.75) is 6.18 Å². The summed E-state index contributed by atoms with van der Waals surface area (Å²) in [6.07, 6.45) is -4.53. The average Bonchev–Trinajstić information content (AvgIpc) is 2.34. The molecule has 1 aromatic carbocycles. The Kier molecular flexibility index (Phi) is 4.17. The first-order valence-electron chi connectivity index (χ1n) is 5.02. The summed E-state index contributed by atoms with van der Waals surface area (Å²) in [5.74, 6) is -1.22. The molecule has 0 unspecified atom stereocenters. The van der Waals surface area contributed by atoms with E-state index in [0.29, 0.717) is 6.07 Å². The van der Waals surface area contributed by atoms with Crippen LogP contribution in [-0.2, 0) is 11.0 Å². The van der Waals surface area contributed by atoms with E-state index in [0.717, 1.165) is 12.1 Å². The number of nitrogens with zero attached hydrogens (tertiary/aromatic N) is 1. The molecule has 1 aromatic rings. The Morgan fingerprint density at radius 1 is 1.47 bits per heavy atom. The Labute approximate surface area is 106 Å².